The molecule has 0 saturated carbocycles. The molecule has 2 rings (SSSR count). The number of anilines is 1. The fourth-order valence-electron chi connectivity index (χ4n) is 2.49. The lowest BCUT2D eigenvalue weighted by atomic mass is 9.86. The predicted molar refractivity (Wildman–Crippen MR) is 87.2 cm³/mol. The minimum Gasteiger partial charge on any atom is -0.344 e. The standard InChI is InChI=1S/C16H21BrN2O2/c1-10-11(17)6-5-7-12(10)19-9-8-13(20)18-14(15(19)21)16(2,3)4/h5-7,14H,8-9H2,1-4H3,(H,18,20). The molecule has 0 bridgehead atoms. The van der Waals surface area contributed by atoms with E-state index in [1.165, 1.54) is 0 Å². The van der Waals surface area contributed by atoms with Crippen LogP contribution in [0, 0.1) is 12.3 Å². The Balaban J connectivity index is 2.45. The van der Waals surface area contributed by atoms with Crippen molar-refractivity contribution in [2.24, 2.45) is 5.41 Å². The van der Waals surface area contributed by atoms with Crippen LogP contribution in [0.4, 0.5) is 5.69 Å². The number of benzene rings is 1. The van der Waals surface area contributed by atoms with E-state index < -0.39 is 6.04 Å². The lowest BCUT2D eigenvalue weighted by Crippen LogP contribution is -2.52. The maximum atomic E-state index is 12.9. The molecule has 1 aromatic rings. The molecular weight excluding hydrogens is 332 g/mol. The van der Waals surface area contributed by atoms with Crippen LogP contribution in [0.25, 0.3) is 0 Å². The van der Waals surface area contributed by atoms with Gasteiger partial charge in [-0.2, -0.15) is 0 Å². The van der Waals surface area contributed by atoms with Crippen LogP contribution in [0.1, 0.15) is 32.8 Å². The maximum absolute atomic E-state index is 12.9. The molecule has 1 aromatic carbocycles. The molecule has 0 aliphatic carbocycles. The van der Waals surface area contributed by atoms with Crippen molar-refractivity contribution in [1.82, 2.24) is 5.32 Å². The largest absolute Gasteiger partial charge is 0.344 e. The molecular formula is C16H21BrN2O2. The van der Waals surface area contributed by atoms with Gasteiger partial charge in [-0.25, -0.2) is 0 Å². The van der Waals surface area contributed by atoms with Crippen LogP contribution in [0.2, 0.25) is 0 Å². The molecule has 1 fully saturated rings. The Kier molecular flexibility index (Phi) is 4.42. The average molecular weight is 353 g/mol. The van der Waals surface area contributed by atoms with Crippen LogP contribution in [0.3, 0.4) is 0 Å². The lowest BCUT2D eigenvalue weighted by molar-refractivity contribution is -0.127. The highest BCUT2D eigenvalue weighted by Gasteiger charge is 2.38. The number of nitrogens with zero attached hydrogens (tertiary/aromatic N) is 1. The predicted octanol–water partition coefficient (Wildman–Crippen LogP) is 3.03. The Bertz CT molecular complexity index is 578. The summed E-state index contributed by atoms with van der Waals surface area (Å²) in [5.74, 6) is -0.118. The van der Waals surface area contributed by atoms with Crippen LogP contribution >= 0.6 is 15.9 Å². The van der Waals surface area contributed by atoms with Gasteiger partial charge in [-0.05, 0) is 30.0 Å². The molecule has 1 atom stereocenters. The topological polar surface area (TPSA) is 49.4 Å². The number of hydrogen-bond acceptors (Lipinski definition) is 2. The maximum Gasteiger partial charge on any atom is 0.250 e. The van der Waals surface area contributed by atoms with Crippen LogP contribution in [0.15, 0.2) is 22.7 Å². The fraction of sp³-hybridized carbons (Fsp3) is 0.500. The van der Waals surface area contributed by atoms with E-state index in [4.69, 9.17) is 0 Å². The van der Waals surface area contributed by atoms with Crippen molar-refractivity contribution in [3.63, 3.8) is 0 Å². The second-order valence-corrected chi connectivity index (χ2v) is 7.34. The summed E-state index contributed by atoms with van der Waals surface area (Å²) >= 11 is 3.50. The molecule has 21 heavy (non-hydrogen) atoms. The highest BCUT2D eigenvalue weighted by molar-refractivity contribution is 9.10. The highest BCUT2D eigenvalue weighted by Crippen LogP contribution is 2.30. The van der Waals surface area contributed by atoms with E-state index in [1.807, 2.05) is 45.9 Å². The van der Waals surface area contributed by atoms with E-state index >= 15 is 0 Å². The molecule has 0 aromatic heterocycles. The van der Waals surface area contributed by atoms with E-state index in [1.54, 1.807) is 4.90 Å². The Labute approximate surface area is 134 Å². The van der Waals surface area contributed by atoms with Gasteiger partial charge in [0, 0.05) is 23.1 Å². The van der Waals surface area contributed by atoms with Crippen molar-refractivity contribution in [3.05, 3.63) is 28.2 Å². The molecule has 1 N–H and O–H groups in total. The average Bonchev–Trinajstić information content (AvgIpc) is 2.53. The third-order valence-corrected chi connectivity index (χ3v) is 4.64. The summed E-state index contributed by atoms with van der Waals surface area (Å²) in [6, 6.07) is 5.27. The van der Waals surface area contributed by atoms with Crippen LogP contribution in [0.5, 0.6) is 0 Å². The monoisotopic (exact) mass is 352 g/mol. The van der Waals surface area contributed by atoms with Gasteiger partial charge in [0.1, 0.15) is 6.04 Å². The van der Waals surface area contributed by atoms with E-state index in [0.29, 0.717) is 13.0 Å². The Morgan fingerprint density at radius 3 is 2.57 bits per heavy atom. The van der Waals surface area contributed by atoms with Crippen LogP contribution in [-0.2, 0) is 9.59 Å². The van der Waals surface area contributed by atoms with Gasteiger partial charge in [0.2, 0.25) is 11.8 Å². The Morgan fingerprint density at radius 2 is 1.95 bits per heavy atom. The molecule has 2 amide bonds. The molecule has 5 heteroatoms. The minimum absolute atomic E-state index is 0.0467. The van der Waals surface area contributed by atoms with Gasteiger partial charge in [-0.3, -0.25) is 9.59 Å². The van der Waals surface area contributed by atoms with Gasteiger partial charge < -0.3 is 10.2 Å². The van der Waals surface area contributed by atoms with E-state index in [0.717, 1.165) is 15.7 Å². The first kappa shape index (κ1) is 16.0. The number of amides is 2. The first-order valence-corrected chi connectivity index (χ1v) is 7.87. The lowest BCUT2D eigenvalue weighted by Gasteiger charge is -2.33. The molecule has 114 valence electrons. The Hall–Kier alpha value is -1.36. The van der Waals surface area contributed by atoms with Gasteiger partial charge in [0.25, 0.3) is 0 Å². The van der Waals surface area contributed by atoms with E-state index in [2.05, 4.69) is 21.2 Å². The number of hydrogen-bond donors (Lipinski definition) is 1. The second kappa shape index (κ2) is 5.79. The number of halogens is 1. The minimum atomic E-state index is -0.508. The van der Waals surface area contributed by atoms with E-state index in [9.17, 15) is 9.59 Å². The molecule has 1 unspecified atom stereocenters. The fourth-order valence-corrected chi connectivity index (χ4v) is 2.84. The molecule has 0 spiro atoms. The Morgan fingerprint density at radius 1 is 1.29 bits per heavy atom. The van der Waals surface area contributed by atoms with Crippen molar-refractivity contribution < 1.29 is 9.59 Å². The first-order valence-electron chi connectivity index (χ1n) is 7.07. The molecule has 1 saturated heterocycles. The SMILES string of the molecule is Cc1c(Br)cccc1N1CCC(=O)NC(C(C)(C)C)C1=O. The summed E-state index contributed by atoms with van der Waals surface area (Å²) in [4.78, 5) is 26.5. The summed E-state index contributed by atoms with van der Waals surface area (Å²) in [6.07, 6.45) is 0.324. The molecule has 0 radical (unpaired) electrons. The first-order chi connectivity index (χ1) is 9.71. The zero-order chi connectivity index (χ0) is 15.8. The van der Waals surface area contributed by atoms with Crippen LogP contribution in [-0.4, -0.2) is 24.4 Å². The zero-order valence-corrected chi connectivity index (χ0v) is 14.5. The number of rotatable bonds is 1. The molecule has 4 nitrogen and oxygen atoms in total. The van der Waals surface area contributed by atoms with E-state index in [-0.39, 0.29) is 17.2 Å². The van der Waals surface area contributed by atoms with Crippen molar-refractivity contribution in [2.75, 3.05) is 11.4 Å². The summed E-state index contributed by atoms with van der Waals surface area (Å²) < 4.78 is 0.962. The molecule has 1 aliphatic rings. The van der Waals surface area contributed by atoms with Crippen molar-refractivity contribution in [3.8, 4) is 0 Å². The summed E-state index contributed by atoms with van der Waals surface area (Å²) in [7, 11) is 0. The van der Waals surface area contributed by atoms with Crippen molar-refractivity contribution in [2.45, 2.75) is 40.2 Å². The zero-order valence-electron chi connectivity index (χ0n) is 12.9. The number of nitrogens with one attached hydrogen (secondary N) is 1. The number of carbonyl (C=O) groups excluding carboxylic acids is 2. The third-order valence-electron chi connectivity index (χ3n) is 3.78. The smallest absolute Gasteiger partial charge is 0.250 e. The summed E-state index contributed by atoms with van der Waals surface area (Å²) in [5.41, 5.74) is 1.54. The van der Waals surface area contributed by atoms with Crippen molar-refractivity contribution in [1.29, 1.82) is 0 Å². The normalized spacial score (nSPS) is 20.2. The summed E-state index contributed by atoms with van der Waals surface area (Å²) in [5, 5.41) is 2.86. The van der Waals surface area contributed by atoms with Gasteiger partial charge >= 0.3 is 0 Å². The molecule has 1 aliphatic heterocycles. The van der Waals surface area contributed by atoms with Crippen LogP contribution < -0.4 is 10.2 Å². The highest BCUT2D eigenvalue weighted by atomic mass is 79.9. The van der Waals surface area contributed by atoms with Crippen molar-refractivity contribution >= 4 is 33.4 Å². The van der Waals surface area contributed by atoms with Gasteiger partial charge in [-0.1, -0.05) is 42.8 Å². The third kappa shape index (κ3) is 3.28. The summed E-state index contributed by atoms with van der Waals surface area (Å²) in [6.45, 7) is 8.28. The second-order valence-electron chi connectivity index (χ2n) is 6.49. The van der Waals surface area contributed by atoms with Gasteiger partial charge in [0.05, 0.1) is 0 Å². The van der Waals surface area contributed by atoms with Gasteiger partial charge in [-0.15, -0.1) is 0 Å². The van der Waals surface area contributed by atoms with Gasteiger partial charge in [0.15, 0.2) is 0 Å². The molecule has 1 heterocycles. The number of carbonyl (C=O) groups is 2. The quantitative estimate of drug-likeness (QED) is 0.844.